The summed E-state index contributed by atoms with van der Waals surface area (Å²) >= 11 is 1.60. The van der Waals surface area contributed by atoms with Crippen LogP contribution in [0.15, 0.2) is 41.1 Å². The molecule has 2 heterocycles. The molecule has 0 atom stereocenters. The number of nitrogens with zero attached hydrogens (tertiary/aromatic N) is 1. The van der Waals surface area contributed by atoms with Gasteiger partial charge in [-0.1, -0.05) is 12.1 Å². The first-order chi connectivity index (χ1) is 11.3. The van der Waals surface area contributed by atoms with Crippen LogP contribution in [0.2, 0.25) is 0 Å². The normalized spacial score (nSPS) is 16.4. The molecule has 0 bridgehead atoms. The summed E-state index contributed by atoms with van der Waals surface area (Å²) in [6.07, 6.45) is 3.02. The summed E-state index contributed by atoms with van der Waals surface area (Å²) in [6, 6.07) is 10.2. The second-order valence-electron chi connectivity index (χ2n) is 6.09. The summed E-state index contributed by atoms with van der Waals surface area (Å²) in [5.74, 6) is 1.45. The number of piperidine rings is 1. The third-order valence-electron chi connectivity index (χ3n) is 4.64. The molecule has 1 aliphatic rings. The molecule has 1 fully saturated rings. The summed E-state index contributed by atoms with van der Waals surface area (Å²) in [5, 5.41) is 3.95. The topological polar surface area (TPSA) is 29.5 Å². The third kappa shape index (κ3) is 4.21. The number of hydrogen-bond acceptors (Lipinski definition) is 4. The summed E-state index contributed by atoms with van der Waals surface area (Å²) < 4.78 is 5.19. The molecule has 3 nitrogen and oxygen atoms in total. The fourth-order valence-electron chi connectivity index (χ4n) is 3.14. The molecule has 0 saturated carbocycles. The number of carbonyl (C=O) groups is 1. The van der Waals surface area contributed by atoms with Crippen LogP contribution in [0.3, 0.4) is 0 Å². The Hall–Kier alpha value is -1.65. The van der Waals surface area contributed by atoms with Crippen LogP contribution in [0.1, 0.15) is 28.8 Å². The van der Waals surface area contributed by atoms with Crippen molar-refractivity contribution in [2.75, 3.05) is 26.7 Å². The van der Waals surface area contributed by atoms with Gasteiger partial charge in [0.15, 0.2) is 5.78 Å². The average Bonchev–Trinajstić information content (AvgIpc) is 3.15. The van der Waals surface area contributed by atoms with Crippen LogP contribution in [-0.2, 0) is 6.42 Å². The number of hydrogen-bond donors (Lipinski definition) is 0. The predicted molar refractivity (Wildman–Crippen MR) is 94.5 cm³/mol. The van der Waals surface area contributed by atoms with Gasteiger partial charge in [0.05, 0.1) is 7.11 Å². The van der Waals surface area contributed by atoms with Gasteiger partial charge in [-0.25, -0.2) is 0 Å². The van der Waals surface area contributed by atoms with E-state index in [1.807, 2.05) is 29.0 Å². The molecule has 0 radical (unpaired) electrons. The highest BCUT2D eigenvalue weighted by Gasteiger charge is 2.25. The van der Waals surface area contributed by atoms with Gasteiger partial charge in [0.1, 0.15) is 5.75 Å². The molecule has 1 aliphatic heterocycles. The first-order valence-electron chi connectivity index (χ1n) is 8.18. The minimum atomic E-state index is 0.210. The predicted octanol–water partition coefficient (Wildman–Crippen LogP) is 3.89. The zero-order valence-electron chi connectivity index (χ0n) is 13.5. The van der Waals surface area contributed by atoms with Crippen molar-refractivity contribution in [1.82, 2.24) is 4.90 Å². The number of carbonyl (C=O) groups excluding carboxylic acids is 1. The summed E-state index contributed by atoms with van der Waals surface area (Å²) in [4.78, 5) is 14.9. The molecular formula is C19H23NO2S. The van der Waals surface area contributed by atoms with Gasteiger partial charge in [-0.05, 0) is 61.5 Å². The first-order valence-corrected chi connectivity index (χ1v) is 9.12. The summed E-state index contributed by atoms with van der Waals surface area (Å²) in [5.41, 5.74) is 2.23. The maximum atomic E-state index is 12.4. The van der Waals surface area contributed by atoms with Gasteiger partial charge in [-0.3, -0.25) is 4.79 Å². The van der Waals surface area contributed by atoms with E-state index in [1.54, 1.807) is 18.4 Å². The zero-order chi connectivity index (χ0) is 16.1. The maximum absolute atomic E-state index is 12.4. The quantitative estimate of drug-likeness (QED) is 0.753. The Morgan fingerprint density at radius 2 is 1.96 bits per heavy atom. The Kier molecular flexibility index (Phi) is 5.47. The lowest BCUT2D eigenvalue weighted by molar-refractivity contribution is 0.0841. The van der Waals surface area contributed by atoms with E-state index in [1.165, 1.54) is 5.56 Å². The van der Waals surface area contributed by atoms with E-state index in [2.05, 4.69) is 17.0 Å². The lowest BCUT2D eigenvalue weighted by atomic mass is 9.90. The van der Waals surface area contributed by atoms with Crippen LogP contribution in [0, 0.1) is 5.92 Å². The van der Waals surface area contributed by atoms with E-state index in [0.29, 0.717) is 5.78 Å². The zero-order valence-corrected chi connectivity index (χ0v) is 14.3. The summed E-state index contributed by atoms with van der Waals surface area (Å²) in [7, 11) is 1.69. The Morgan fingerprint density at radius 1 is 1.22 bits per heavy atom. The van der Waals surface area contributed by atoms with Gasteiger partial charge in [0.25, 0.3) is 0 Å². The van der Waals surface area contributed by atoms with Crippen molar-refractivity contribution in [3.63, 3.8) is 0 Å². The second-order valence-corrected chi connectivity index (χ2v) is 6.87. The highest BCUT2D eigenvalue weighted by atomic mass is 32.1. The summed E-state index contributed by atoms with van der Waals surface area (Å²) in [6.45, 7) is 3.11. The Balaban J connectivity index is 1.44. The number of Topliss-reactive ketones (excluding diaryl/α,β-unsaturated/α-hetero) is 1. The minimum Gasteiger partial charge on any atom is -0.497 e. The number of methoxy groups -OCH3 is 1. The van der Waals surface area contributed by atoms with E-state index in [0.717, 1.165) is 50.2 Å². The van der Waals surface area contributed by atoms with E-state index in [-0.39, 0.29) is 5.92 Å². The number of benzene rings is 1. The Morgan fingerprint density at radius 3 is 2.57 bits per heavy atom. The number of rotatable bonds is 6. The Labute approximate surface area is 141 Å². The van der Waals surface area contributed by atoms with Gasteiger partial charge in [-0.15, -0.1) is 0 Å². The monoisotopic (exact) mass is 329 g/mol. The SMILES string of the molecule is COc1ccc(CCN2CCC(C(=O)c3ccsc3)CC2)cc1. The fraction of sp³-hybridized carbons (Fsp3) is 0.421. The molecule has 0 amide bonds. The molecule has 4 heteroatoms. The minimum absolute atomic E-state index is 0.210. The number of ketones is 1. The van der Waals surface area contributed by atoms with Gasteiger partial charge >= 0.3 is 0 Å². The molecule has 2 aromatic rings. The number of thiophene rings is 1. The van der Waals surface area contributed by atoms with E-state index < -0.39 is 0 Å². The van der Waals surface area contributed by atoms with Crippen LogP contribution in [0.5, 0.6) is 5.75 Å². The van der Waals surface area contributed by atoms with Crippen molar-refractivity contribution in [1.29, 1.82) is 0 Å². The largest absolute Gasteiger partial charge is 0.497 e. The van der Waals surface area contributed by atoms with Gasteiger partial charge in [0, 0.05) is 23.4 Å². The van der Waals surface area contributed by atoms with E-state index >= 15 is 0 Å². The van der Waals surface area contributed by atoms with Crippen LogP contribution in [0.4, 0.5) is 0 Å². The molecule has 3 rings (SSSR count). The number of likely N-dealkylation sites (tertiary alicyclic amines) is 1. The van der Waals surface area contributed by atoms with E-state index in [4.69, 9.17) is 4.74 Å². The highest BCUT2D eigenvalue weighted by Crippen LogP contribution is 2.23. The van der Waals surface area contributed by atoms with Gasteiger partial charge in [0.2, 0.25) is 0 Å². The maximum Gasteiger partial charge on any atom is 0.166 e. The second kappa shape index (κ2) is 7.75. The Bertz CT molecular complexity index is 613. The van der Waals surface area contributed by atoms with Crippen molar-refractivity contribution in [2.45, 2.75) is 19.3 Å². The molecule has 1 aromatic carbocycles. The van der Waals surface area contributed by atoms with Gasteiger partial charge < -0.3 is 9.64 Å². The molecule has 1 aromatic heterocycles. The molecule has 122 valence electrons. The number of ether oxygens (including phenoxy) is 1. The van der Waals surface area contributed by atoms with Gasteiger partial charge in [-0.2, -0.15) is 11.3 Å². The molecule has 23 heavy (non-hydrogen) atoms. The molecule has 0 unspecified atom stereocenters. The molecule has 0 spiro atoms. The van der Waals surface area contributed by atoms with Crippen molar-refractivity contribution in [3.8, 4) is 5.75 Å². The molecule has 0 aliphatic carbocycles. The standard InChI is InChI=1S/C19H23NO2S/c1-22-18-4-2-15(3-5-18)6-10-20-11-7-16(8-12-20)19(21)17-9-13-23-14-17/h2-5,9,13-14,16H,6-8,10-12H2,1H3. The van der Waals surface area contributed by atoms with Crippen molar-refractivity contribution in [2.24, 2.45) is 5.92 Å². The van der Waals surface area contributed by atoms with Crippen molar-refractivity contribution >= 4 is 17.1 Å². The molecule has 1 saturated heterocycles. The third-order valence-corrected chi connectivity index (χ3v) is 5.32. The van der Waals surface area contributed by atoms with Crippen LogP contribution < -0.4 is 4.74 Å². The van der Waals surface area contributed by atoms with E-state index in [9.17, 15) is 4.79 Å². The molecule has 0 N–H and O–H groups in total. The van der Waals surface area contributed by atoms with Crippen LogP contribution in [-0.4, -0.2) is 37.4 Å². The highest BCUT2D eigenvalue weighted by molar-refractivity contribution is 7.08. The fourth-order valence-corrected chi connectivity index (χ4v) is 3.78. The molecular weight excluding hydrogens is 306 g/mol. The van der Waals surface area contributed by atoms with Crippen LogP contribution in [0.25, 0.3) is 0 Å². The smallest absolute Gasteiger partial charge is 0.166 e. The van der Waals surface area contributed by atoms with Crippen LogP contribution >= 0.6 is 11.3 Å². The lowest BCUT2D eigenvalue weighted by Gasteiger charge is -2.31. The average molecular weight is 329 g/mol. The first kappa shape index (κ1) is 16.2. The lowest BCUT2D eigenvalue weighted by Crippen LogP contribution is -2.37. The van der Waals surface area contributed by atoms with Crippen molar-refractivity contribution < 1.29 is 9.53 Å². The van der Waals surface area contributed by atoms with Crippen molar-refractivity contribution in [3.05, 3.63) is 52.2 Å².